The Balaban J connectivity index is 1.96. The molecule has 1 aromatic carbocycles. The number of nitrogens with zero attached hydrogens (tertiary/aromatic N) is 4. The monoisotopic (exact) mass is 295 g/mol. The molecule has 0 saturated carbocycles. The highest BCUT2D eigenvalue weighted by Gasteiger charge is 2.20. The van der Waals surface area contributed by atoms with Gasteiger partial charge in [-0.15, -0.1) is 0 Å². The van der Waals surface area contributed by atoms with Gasteiger partial charge in [0.25, 0.3) is 0 Å². The van der Waals surface area contributed by atoms with Crippen molar-refractivity contribution in [2.24, 2.45) is 0 Å². The van der Waals surface area contributed by atoms with Gasteiger partial charge in [0.1, 0.15) is 11.6 Å². The minimum absolute atomic E-state index is 0.0821. The van der Waals surface area contributed by atoms with E-state index in [-0.39, 0.29) is 17.8 Å². The van der Waals surface area contributed by atoms with E-state index in [9.17, 15) is 0 Å². The summed E-state index contributed by atoms with van der Waals surface area (Å²) < 4.78 is 0. The number of hydrogen-bond donors (Lipinski definition) is 3. The number of benzene rings is 1. The first-order chi connectivity index (χ1) is 10.7. The van der Waals surface area contributed by atoms with Gasteiger partial charge in [-0.2, -0.15) is 15.0 Å². The molecule has 0 aliphatic rings. The average Bonchev–Trinajstić information content (AvgIpc) is 2.98. The average molecular weight is 295 g/mol. The van der Waals surface area contributed by atoms with E-state index in [1.165, 1.54) is 0 Å². The van der Waals surface area contributed by atoms with Crippen LogP contribution in [0, 0.1) is 0 Å². The van der Waals surface area contributed by atoms with Crippen LogP contribution in [0.5, 0.6) is 0 Å². The topological polar surface area (TPSA) is 119 Å². The Morgan fingerprint density at radius 2 is 1.68 bits per heavy atom. The molecule has 7 heteroatoms. The Morgan fingerprint density at radius 1 is 1.00 bits per heavy atom. The van der Waals surface area contributed by atoms with Crippen LogP contribution in [0.3, 0.4) is 0 Å². The summed E-state index contributed by atoms with van der Waals surface area (Å²) in [6.07, 6.45) is 2.65. The molecule has 2 aromatic heterocycles. The minimum atomic E-state index is -0.0821. The summed E-state index contributed by atoms with van der Waals surface area (Å²) in [5.41, 5.74) is 13.2. The van der Waals surface area contributed by atoms with Crippen LogP contribution in [-0.2, 0) is 0 Å². The van der Waals surface area contributed by atoms with Gasteiger partial charge in [-0.1, -0.05) is 37.3 Å². The Kier molecular flexibility index (Phi) is 3.69. The van der Waals surface area contributed by atoms with Crippen molar-refractivity contribution in [3.8, 4) is 11.4 Å². The number of anilines is 2. The number of imidazole rings is 1. The molecule has 0 radical (unpaired) electrons. The third kappa shape index (κ3) is 2.73. The first kappa shape index (κ1) is 14.0. The maximum atomic E-state index is 5.66. The van der Waals surface area contributed by atoms with Crippen LogP contribution in [0.2, 0.25) is 0 Å². The zero-order valence-corrected chi connectivity index (χ0v) is 12.2. The zero-order valence-electron chi connectivity index (χ0n) is 12.2. The van der Waals surface area contributed by atoms with E-state index < -0.39 is 0 Å². The summed E-state index contributed by atoms with van der Waals surface area (Å²) >= 11 is 0. The highest BCUT2D eigenvalue weighted by molar-refractivity contribution is 5.55. The van der Waals surface area contributed by atoms with Crippen LogP contribution in [0.15, 0.2) is 36.5 Å². The summed E-state index contributed by atoms with van der Waals surface area (Å²) in [6.45, 7) is 2.04. The van der Waals surface area contributed by atoms with Crippen molar-refractivity contribution in [3.05, 3.63) is 48.0 Å². The summed E-state index contributed by atoms with van der Waals surface area (Å²) in [7, 11) is 0. The zero-order chi connectivity index (χ0) is 15.5. The van der Waals surface area contributed by atoms with Gasteiger partial charge in [0.2, 0.25) is 11.9 Å². The molecular weight excluding hydrogens is 278 g/mol. The van der Waals surface area contributed by atoms with Crippen LogP contribution >= 0.6 is 0 Å². The fraction of sp³-hybridized carbons (Fsp3) is 0.200. The van der Waals surface area contributed by atoms with Gasteiger partial charge in [0.05, 0.1) is 11.6 Å². The highest BCUT2D eigenvalue weighted by Crippen LogP contribution is 2.26. The number of nitrogens with two attached hydrogens (primary N) is 2. The van der Waals surface area contributed by atoms with Crippen LogP contribution < -0.4 is 11.5 Å². The molecule has 1 atom stereocenters. The molecule has 5 N–H and O–H groups in total. The Labute approximate surface area is 127 Å². The Hall–Kier alpha value is -2.96. The van der Waals surface area contributed by atoms with Crippen molar-refractivity contribution in [2.45, 2.75) is 19.3 Å². The smallest absolute Gasteiger partial charge is 0.225 e. The first-order valence-corrected chi connectivity index (χ1v) is 7.05. The fourth-order valence-corrected chi connectivity index (χ4v) is 2.37. The van der Waals surface area contributed by atoms with Gasteiger partial charge in [-0.25, -0.2) is 4.98 Å². The Morgan fingerprint density at radius 3 is 2.32 bits per heavy atom. The number of nitrogen functional groups attached to an aromatic ring is 2. The molecular formula is C15H17N7. The van der Waals surface area contributed by atoms with Crippen molar-refractivity contribution >= 4 is 11.9 Å². The van der Waals surface area contributed by atoms with Gasteiger partial charge in [-0.05, 0) is 6.42 Å². The molecule has 1 unspecified atom stereocenters. The summed E-state index contributed by atoms with van der Waals surface area (Å²) in [6, 6.07) is 9.92. The van der Waals surface area contributed by atoms with E-state index in [0.717, 1.165) is 23.5 Å². The summed E-state index contributed by atoms with van der Waals surface area (Å²) in [5.74, 6) is 1.52. The lowest BCUT2D eigenvalue weighted by Gasteiger charge is -2.11. The molecule has 112 valence electrons. The molecule has 0 aliphatic carbocycles. The Bertz CT molecular complexity index is 746. The van der Waals surface area contributed by atoms with Gasteiger partial charge in [-0.3, -0.25) is 0 Å². The number of hydrogen-bond acceptors (Lipinski definition) is 6. The largest absolute Gasteiger partial charge is 0.368 e. The molecule has 0 saturated heterocycles. The van der Waals surface area contributed by atoms with E-state index in [4.69, 9.17) is 11.5 Å². The quantitative estimate of drug-likeness (QED) is 0.677. The number of nitrogens with one attached hydrogen (secondary N) is 1. The predicted molar refractivity (Wildman–Crippen MR) is 84.8 cm³/mol. The van der Waals surface area contributed by atoms with Crippen LogP contribution in [0.25, 0.3) is 11.4 Å². The van der Waals surface area contributed by atoms with Crippen molar-refractivity contribution < 1.29 is 0 Å². The lowest BCUT2D eigenvalue weighted by molar-refractivity contribution is 0.697. The second-order valence-electron chi connectivity index (χ2n) is 4.91. The van der Waals surface area contributed by atoms with Crippen LogP contribution in [-0.4, -0.2) is 24.9 Å². The molecule has 0 spiro atoms. The third-order valence-electron chi connectivity index (χ3n) is 3.41. The predicted octanol–water partition coefficient (Wildman–Crippen LogP) is 1.97. The molecule has 2 heterocycles. The van der Waals surface area contributed by atoms with Crippen molar-refractivity contribution in [1.29, 1.82) is 0 Å². The van der Waals surface area contributed by atoms with Gasteiger partial charge in [0, 0.05) is 11.8 Å². The van der Waals surface area contributed by atoms with E-state index in [1.54, 1.807) is 0 Å². The van der Waals surface area contributed by atoms with E-state index >= 15 is 0 Å². The number of rotatable bonds is 4. The molecule has 0 amide bonds. The molecule has 3 aromatic rings. The van der Waals surface area contributed by atoms with Crippen LogP contribution in [0.4, 0.5) is 11.9 Å². The van der Waals surface area contributed by atoms with Crippen LogP contribution in [0.1, 0.15) is 30.8 Å². The van der Waals surface area contributed by atoms with E-state index in [2.05, 4.69) is 24.9 Å². The second-order valence-corrected chi connectivity index (χ2v) is 4.91. The van der Waals surface area contributed by atoms with E-state index in [0.29, 0.717) is 5.82 Å². The first-order valence-electron chi connectivity index (χ1n) is 7.05. The molecule has 0 bridgehead atoms. The summed E-state index contributed by atoms with van der Waals surface area (Å²) in [4.78, 5) is 20.0. The number of aromatic amines is 1. The van der Waals surface area contributed by atoms with Gasteiger partial charge >= 0.3 is 0 Å². The lowest BCUT2D eigenvalue weighted by Crippen LogP contribution is -2.11. The SMILES string of the molecule is CCC(c1c[nH]c(-c2ccccc2)n1)c1nc(N)nc(N)n1. The van der Waals surface area contributed by atoms with Crippen molar-refractivity contribution in [3.63, 3.8) is 0 Å². The molecule has 7 nitrogen and oxygen atoms in total. The number of H-pyrrole nitrogens is 1. The fourth-order valence-electron chi connectivity index (χ4n) is 2.37. The minimum Gasteiger partial charge on any atom is -0.368 e. The van der Waals surface area contributed by atoms with Gasteiger partial charge in [0.15, 0.2) is 0 Å². The maximum Gasteiger partial charge on any atom is 0.225 e. The molecule has 0 fully saturated rings. The molecule has 0 aliphatic heterocycles. The van der Waals surface area contributed by atoms with Gasteiger partial charge < -0.3 is 16.5 Å². The molecule has 22 heavy (non-hydrogen) atoms. The highest BCUT2D eigenvalue weighted by atomic mass is 15.1. The van der Waals surface area contributed by atoms with E-state index in [1.807, 2.05) is 43.5 Å². The third-order valence-corrected chi connectivity index (χ3v) is 3.41. The summed E-state index contributed by atoms with van der Waals surface area (Å²) in [5, 5.41) is 0. The standard InChI is InChI=1S/C15H17N7/c1-2-10(13-20-14(16)22-15(17)21-13)11-8-18-12(19-11)9-6-4-3-5-7-9/h3-8,10H,2H2,1H3,(H,18,19)(H4,16,17,20,21,22). The normalized spacial score (nSPS) is 12.2. The molecule has 3 rings (SSSR count). The second kappa shape index (κ2) is 5.80. The lowest BCUT2D eigenvalue weighted by atomic mass is 10.0. The number of aromatic nitrogens is 5. The van der Waals surface area contributed by atoms with Crippen molar-refractivity contribution in [1.82, 2.24) is 24.9 Å². The van der Waals surface area contributed by atoms with Crippen molar-refractivity contribution in [2.75, 3.05) is 11.5 Å². The maximum absolute atomic E-state index is 5.66.